The number of nitrogens with zero attached hydrogens (tertiary/aromatic N) is 1. The van der Waals surface area contributed by atoms with Crippen molar-refractivity contribution in [2.75, 3.05) is 12.0 Å². The van der Waals surface area contributed by atoms with E-state index in [-0.39, 0.29) is 23.8 Å². The molecule has 2 heterocycles. The third-order valence-electron chi connectivity index (χ3n) is 6.44. The largest absolute Gasteiger partial charge is 0.504 e. The number of aliphatic carboxylic acids is 1. The molecule has 0 unspecified atom stereocenters. The van der Waals surface area contributed by atoms with Crippen LogP contribution >= 0.6 is 11.6 Å². The maximum absolute atomic E-state index is 13.7. The average molecular weight is 473 g/mol. The number of phenolic OH excluding ortho intramolecular Hbond substituents is 1. The zero-order chi connectivity index (χ0) is 24.1. The maximum atomic E-state index is 13.7. The molecule has 2 aromatic carbocycles. The lowest BCUT2D eigenvalue weighted by molar-refractivity contribution is -0.149. The van der Waals surface area contributed by atoms with Crippen molar-refractivity contribution in [2.24, 2.45) is 17.8 Å². The summed E-state index contributed by atoms with van der Waals surface area (Å²) in [4.78, 5) is 41.0. The van der Waals surface area contributed by atoms with Crippen LogP contribution in [0.25, 0.3) is 0 Å². The molecule has 3 N–H and O–H groups in total. The topological polar surface area (TPSA) is 116 Å². The number of benzene rings is 2. The summed E-state index contributed by atoms with van der Waals surface area (Å²) in [5.41, 5.74) is -1.07. The van der Waals surface area contributed by atoms with Crippen molar-refractivity contribution >= 4 is 35.1 Å². The molecule has 4 rings (SSSR count). The minimum Gasteiger partial charge on any atom is -0.504 e. The number of methoxy groups -OCH3 is 1. The highest BCUT2D eigenvalue weighted by molar-refractivity contribution is 6.31. The number of ether oxygens (including phenoxy) is 1. The van der Waals surface area contributed by atoms with Gasteiger partial charge in [0, 0.05) is 16.6 Å². The summed E-state index contributed by atoms with van der Waals surface area (Å²) >= 11 is 5.96. The van der Waals surface area contributed by atoms with E-state index in [1.807, 2.05) is 13.8 Å². The van der Waals surface area contributed by atoms with Gasteiger partial charge in [-0.3, -0.25) is 19.7 Å². The number of aromatic hydroxyl groups is 1. The van der Waals surface area contributed by atoms with Crippen molar-refractivity contribution in [1.29, 1.82) is 0 Å². The van der Waals surface area contributed by atoms with Crippen LogP contribution in [0.15, 0.2) is 42.5 Å². The van der Waals surface area contributed by atoms with Crippen LogP contribution < -0.4 is 15.0 Å². The Morgan fingerprint density at radius 3 is 2.42 bits per heavy atom. The van der Waals surface area contributed by atoms with Crippen molar-refractivity contribution in [3.05, 3.63) is 53.1 Å². The number of fused-ring (bicyclic) bond motifs is 1. The fraction of sp³-hybridized carbons (Fsp3) is 0.375. The van der Waals surface area contributed by atoms with E-state index in [2.05, 4.69) is 5.32 Å². The van der Waals surface area contributed by atoms with Gasteiger partial charge in [0.15, 0.2) is 11.5 Å². The molecule has 0 saturated carbocycles. The van der Waals surface area contributed by atoms with Crippen LogP contribution in [0.1, 0.15) is 31.9 Å². The van der Waals surface area contributed by atoms with Crippen LogP contribution in [-0.2, 0) is 14.4 Å². The maximum Gasteiger partial charge on any atom is 0.324 e. The van der Waals surface area contributed by atoms with Gasteiger partial charge in [-0.25, -0.2) is 4.90 Å². The Balaban J connectivity index is 1.89. The minimum atomic E-state index is -1.69. The number of carboxylic acid groups (broad SMARTS) is 1. The smallest absolute Gasteiger partial charge is 0.324 e. The van der Waals surface area contributed by atoms with E-state index in [4.69, 9.17) is 16.3 Å². The summed E-state index contributed by atoms with van der Waals surface area (Å²) in [5, 5.41) is 24.7. The SMILES string of the molecule is COc1cccc([C@@H]2N[C@](CC(C)C)(C(=O)O)[C@H]3C(=O)N(c4ccc(Cl)cc4)C(=O)[C@H]23)c1O. The van der Waals surface area contributed by atoms with Crippen LogP contribution in [0.5, 0.6) is 11.5 Å². The molecule has 174 valence electrons. The number of para-hydroxylation sites is 1. The standard InChI is InChI=1S/C24H25ClN2O6/c1-12(2)11-24(23(31)32)18-17(19(26-24)15-5-4-6-16(33-3)20(15)28)21(29)27(22(18)30)14-9-7-13(25)8-10-14/h4-10,12,17-19,26,28H,11H2,1-3H3,(H,31,32)/t17-,18+,19-,24-/m0/s1. The fourth-order valence-corrected chi connectivity index (χ4v) is 5.31. The van der Waals surface area contributed by atoms with Gasteiger partial charge >= 0.3 is 5.97 Å². The van der Waals surface area contributed by atoms with Crippen molar-refractivity contribution in [3.63, 3.8) is 0 Å². The highest BCUT2D eigenvalue weighted by Gasteiger charge is 2.68. The summed E-state index contributed by atoms with van der Waals surface area (Å²) in [6.45, 7) is 3.71. The van der Waals surface area contributed by atoms with Crippen molar-refractivity contribution in [1.82, 2.24) is 5.32 Å². The first-order valence-corrected chi connectivity index (χ1v) is 11.0. The molecule has 2 fully saturated rings. The number of hydrogen-bond acceptors (Lipinski definition) is 6. The summed E-state index contributed by atoms with van der Waals surface area (Å²) in [7, 11) is 1.40. The Hall–Kier alpha value is -3.10. The summed E-state index contributed by atoms with van der Waals surface area (Å²) in [5.74, 6) is -4.61. The second-order valence-electron chi connectivity index (χ2n) is 8.89. The minimum absolute atomic E-state index is 0.0839. The number of imide groups is 1. The monoisotopic (exact) mass is 472 g/mol. The van der Waals surface area contributed by atoms with E-state index in [1.165, 1.54) is 7.11 Å². The third kappa shape index (κ3) is 3.54. The molecule has 0 bridgehead atoms. The Morgan fingerprint density at radius 1 is 1.18 bits per heavy atom. The van der Waals surface area contributed by atoms with E-state index >= 15 is 0 Å². The predicted octanol–water partition coefficient (Wildman–Crippen LogP) is 3.37. The molecule has 8 nitrogen and oxygen atoms in total. The van der Waals surface area contributed by atoms with E-state index in [1.54, 1.807) is 42.5 Å². The lowest BCUT2D eigenvalue weighted by Crippen LogP contribution is -2.56. The van der Waals surface area contributed by atoms with Gasteiger partial charge in [0.25, 0.3) is 0 Å². The molecule has 2 aliphatic rings. The second-order valence-corrected chi connectivity index (χ2v) is 9.32. The number of phenols is 1. The molecule has 2 aromatic rings. The molecule has 2 aliphatic heterocycles. The summed E-state index contributed by atoms with van der Waals surface area (Å²) < 4.78 is 5.20. The number of nitrogens with one attached hydrogen (secondary N) is 1. The van der Waals surface area contributed by atoms with E-state index in [9.17, 15) is 24.6 Å². The predicted molar refractivity (Wildman–Crippen MR) is 121 cm³/mol. The van der Waals surface area contributed by atoms with Crippen LogP contribution in [0.2, 0.25) is 5.02 Å². The van der Waals surface area contributed by atoms with Crippen molar-refractivity contribution in [3.8, 4) is 11.5 Å². The van der Waals surface area contributed by atoms with E-state index in [0.717, 1.165) is 4.90 Å². The summed E-state index contributed by atoms with van der Waals surface area (Å²) in [6.07, 6.45) is 0.123. The Kier molecular flexibility index (Phi) is 5.84. The van der Waals surface area contributed by atoms with Gasteiger partial charge in [0.05, 0.1) is 24.6 Å². The van der Waals surface area contributed by atoms with Crippen LogP contribution in [-0.4, -0.2) is 40.6 Å². The number of carbonyl (C=O) groups is 3. The van der Waals surface area contributed by atoms with Gasteiger partial charge < -0.3 is 14.9 Å². The average Bonchev–Trinajstić information content (AvgIpc) is 3.23. The normalized spacial score (nSPS) is 26.7. The summed E-state index contributed by atoms with van der Waals surface area (Å²) in [6, 6.07) is 10.1. The van der Waals surface area contributed by atoms with Gasteiger partial charge in [-0.15, -0.1) is 0 Å². The Labute approximate surface area is 196 Å². The number of carbonyl (C=O) groups excluding carboxylic acids is 2. The van der Waals surface area contributed by atoms with Gasteiger partial charge in [-0.2, -0.15) is 0 Å². The first-order valence-electron chi connectivity index (χ1n) is 10.6. The number of anilines is 1. The van der Waals surface area contributed by atoms with E-state index < -0.39 is 41.2 Å². The lowest BCUT2D eigenvalue weighted by Gasteiger charge is -2.32. The second kappa shape index (κ2) is 8.35. The molecule has 0 radical (unpaired) electrons. The van der Waals surface area contributed by atoms with Gasteiger partial charge in [0.1, 0.15) is 5.54 Å². The number of amides is 2. The molecular formula is C24H25ClN2O6. The van der Waals surface area contributed by atoms with E-state index in [0.29, 0.717) is 16.3 Å². The molecule has 2 amide bonds. The van der Waals surface area contributed by atoms with Crippen LogP contribution in [0.4, 0.5) is 5.69 Å². The molecule has 0 spiro atoms. The van der Waals surface area contributed by atoms with Gasteiger partial charge in [0.2, 0.25) is 11.8 Å². The molecule has 0 aliphatic carbocycles. The third-order valence-corrected chi connectivity index (χ3v) is 6.69. The molecule has 33 heavy (non-hydrogen) atoms. The van der Waals surface area contributed by atoms with Gasteiger partial charge in [-0.05, 0) is 42.7 Å². The molecule has 4 atom stereocenters. The first-order chi connectivity index (χ1) is 15.6. The molecule has 2 saturated heterocycles. The quantitative estimate of drug-likeness (QED) is 0.552. The lowest BCUT2D eigenvalue weighted by atomic mass is 9.75. The number of rotatable bonds is 6. The zero-order valence-electron chi connectivity index (χ0n) is 18.4. The number of halogens is 1. The number of hydrogen-bond donors (Lipinski definition) is 3. The van der Waals surface area contributed by atoms with Gasteiger partial charge in [-0.1, -0.05) is 37.6 Å². The Morgan fingerprint density at radius 2 is 1.85 bits per heavy atom. The highest BCUT2D eigenvalue weighted by Crippen LogP contribution is 2.53. The zero-order valence-corrected chi connectivity index (χ0v) is 19.2. The molecule has 0 aromatic heterocycles. The fourth-order valence-electron chi connectivity index (χ4n) is 5.19. The van der Waals surface area contributed by atoms with Crippen molar-refractivity contribution in [2.45, 2.75) is 31.8 Å². The molecular weight excluding hydrogens is 448 g/mol. The van der Waals surface area contributed by atoms with Crippen molar-refractivity contribution < 1.29 is 29.3 Å². The van der Waals surface area contributed by atoms with Crippen LogP contribution in [0.3, 0.4) is 0 Å². The molecule has 9 heteroatoms. The van der Waals surface area contributed by atoms with Crippen LogP contribution in [0, 0.1) is 17.8 Å². The Bertz CT molecular complexity index is 1120. The highest BCUT2D eigenvalue weighted by atomic mass is 35.5. The number of carboxylic acids is 1. The first kappa shape index (κ1) is 23.1.